The molecule has 0 amide bonds. The normalized spacial score (nSPS) is 22.0. The van der Waals surface area contributed by atoms with Crippen LogP contribution in [0.3, 0.4) is 0 Å². The zero-order valence-electron chi connectivity index (χ0n) is 14.9. The Morgan fingerprint density at radius 1 is 1.12 bits per heavy atom. The molecule has 1 aromatic heterocycles. The molecule has 1 aliphatic rings. The van der Waals surface area contributed by atoms with Crippen molar-refractivity contribution in [3.05, 3.63) is 53.6 Å². The van der Waals surface area contributed by atoms with Gasteiger partial charge in [0.15, 0.2) is 0 Å². The smallest absolute Gasteiger partial charge is 0.0945 e. The number of aromatic nitrogens is 2. The van der Waals surface area contributed by atoms with Crippen LogP contribution in [0.25, 0.3) is 0 Å². The van der Waals surface area contributed by atoms with Crippen LogP contribution < -0.4 is 5.32 Å². The minimum absolute atomic E-state index is 0.309. The molecule has 0 spiro atoms. The van der Waals surface area contributed by atoms with Gasteiger partial charge in [0.1, 0.15) is 0 Å². The van der Waals surface area contributed by atoms with Crippen molar-refractivity contribution < 1.29 is 4.74 Å². The molecule has 1 aliphatic heterocycles. The Morgan fingerprint density at radius 3 is 2.50 bits per heavy atom. The summed E-state index contributed by atoms with van der Waals surface area (Å²) in [6.45, 7) is 9.01. The summed E-state index contributed by atoms with van der Waals surface area (Å²) < 4.78 is 7.89. The number of hydrogen-bond acceptors (Lipinski definition) is 4. The van der Waals surface area contributed by atoms with Crippen LogP contribution in [0.1, 0.15) is 30.7 Å². The highest BCUT2D eigenvalue weighted by molar-refractivity contribution is 5.27. The van der Waals surface area contributed by atoms with E-state index in [0.29, 0.717) is 12.2 Å². The van der Waals surface area contributed by atoms with E-state index in [4.69, 9.17) is 4.74 Å². The molecule has 0 saturated carbocycles. The van der Waals surface area contributed by atoms with Gasteiger partial charge in [0.05, 0.1) is 24.2 Å². The van der Waals surface area contributed by atoms with Crippen LogP contribution in [0.15, 0.2) is 36.8 Å². The fourth-order valence-electron chi connectivity index (χ4n) is 3.42. The minimum Gasteiger partial charge on any atom is -0.373 e. The first-order chi connectivity index (χ1) is 11.6. The zero-order valence-corrected chi connectivity index (χ0v) is 14.9. The topological polar surface area (TPSA) is 42.3 Å². The van der Waals surface area contributed by atoms with Gasteiger partial charge in [0.25, 0.3) is 0 Å². The second-order valence-corrected chi connectivity index (χ2v) is 6.82. The lowest BCUT2D eigenvalue weighted by atomic mass is 10.1. The van der Waals surface area contributed by atoms with Crippen LogP contribution in [0.4, 0.5) is 0 Å². The van der Waals surface area contributed by atoms with Crippen LogP contribution in [0.5, 0.6) is 0 Å². The maximum Gasteiger partial charge on any atom is 0.0945 e. The summed E-state index contributed by atoms with van der Waals surface area (Å²) in [5, 5.41) is 3.54. The summed E-state index contributed by atoms with van der Waals surface area (Å²) in [5.74, 6) is 0. The first-order valence-electron chi connectivity index (χ1n) is 8.72. The van der Waals surface area contributed by atoms with Gasteiger partial charge in [-0.2, -0.15) is 0 Å². The molecule has 0 aliphatic carbocycles. The van der Waals surface area contributed by atoms with Crippen LogP contribution in [-0.4, -0.2) is 39.7 Å². The van der Waals surface area contributed by atoms with E-state index in [1.807, 2.05) is 19.6 Å². The molecular weight excluding hydrogens is 300 g/mol. The number of aryl methyl sites for hydroxylation is 1. The monoisotopic (exact) mass is 328 g/mol. The van der Waals surface area contributed by atoms with Crippen molar-refractivity contribution >= 4 is 0 Å². The van der Waals surface area contributed by atoms with Gasteiger partial charge >= 0.3 is 0 Å². The molecule has 24 heavy (non-hydrogen) atoms. The predicted octanol–water partition coefficient (Wildman–Crippen LogP) is 2.32. The second-order valence-electron chi connectivity index (χ2n) is 6.82. The summed E-state index contributed by atoms with van der Waals surface area (Å²) >= 11 is 0. The Kier molecular flexibility index (Phi) is 5.66. The highest BCUT2D eigenvalue weighted by Gasteiger charge is 2.22. The van der Waals surface area contributed by atoms with Crippen molar-refractivity contribution in [2.24, 2.45) is 7.05 Å². The van der Waals surface area contributed by atoms with Gasteiger partial charge < -0.3 is 14.6 Å². The lowest BCUT2D eigenvalue weighted by Gasteiger charge is -2.35. The molecule has 5 heteroatoms. The summed E-state index contributed by atoms with van der Waals surface area (Å²) in [5.41, 5.74) is 3.96. The van der Waals surface area contributed by atoms with Gasteiger partial charge in [0.2, 0.25) is 0 Å². The molecule has 5 nitrogen and oxygen atoms in total. The average Bonchev–Trinajstić information content (AvgIpc) is 2.93. The number of nitrogens with zero attached hydrogens (tertiary/aromatic N) is 3. The van der Waals surface area contributed by atoms with E-state index in [-0.39, 0.29) is 0 Å². The SMILES string of the molecule is CC1CN(Cc2ccccc2CNCc2cncn2C)CC(C)O1. The lowest BCUT2D eigenvalue weighted by Crippen LogP contribution is -2.45. The highest BCUT2D eigenvalue weighted by Crippen LogP contribution is 2.17. The minimum atomic E-state index is 0.309. The van der Waals surface area contributed by atoms with Crippen molar-refractivity contribution in [1.29, 1.82) is 0 Å². The third kappa shape index (κ3) is 4.44. The van der Waals surface area contributed by atoms with Gasteiger partial charge in [-0.25, -0.2) is 4.98 Å². The second kappa shape index (κ2) is 7.92. The van der Waals surface area contributed by atoms with Crippen molar-refractivity contribution in [1.82, 2.24) is 19.8 Å². The molecule has 3 rings (SSSR count). The predicted molar refractivity (Wildman–Crippen MR) is 95.5 cm³/mol. The third-order valence-corrected chi connectivity index (χ3v) is 4.55. The number of morpholine rings is 1. The quantitative estimate of drug-likeness (QED) is 0.884. The van der Waals surface area contributed by atoms with Gasteiger partial charge in [0, 0.05) is 46.0 Å². The number of hydrogen-bond donors (Lipinski definition) is 1. The molecule has 0 radical (unpaired) electrons. The Labute approximate surface area is 144 Å². The Hall–Kier alpha value is -1.69. The Bertz CT molecular complexity index is 644. The fraction of sp³-hybridized carbons (Fsp3) is 0.526. The summed E-state index contributed by atoms with van der Waals surface area (Å²) in [6, 6.07) is 8.72. The number of imidazole rings is 1. The van der Waals surface area contributed by atoms with Crippen LogP contribution in [-0.2, 0) is 31.4 Å². The van der Waals surface area contributed by atoms with Crippen LogP contribution in [0.2, 0.25) is 0 Å². The first-order valence-corrected chi connectivity index (χ1v) is 8.72. The molecule has 2 atom stereocenters. The lowest BCUT2D eigenvalue weighted by molar-refractivity contribution is -0.0705. The molecule has 2 heterocycles. The molecule has 1 fully saturated rings. The van der Waals surface area contributed by atoms with E-state index >= 15 is 0 Å². The number of benzene rings is 1. The molecule has 1 N–H and O–H groups in total. The average molecular weight is 328 g/mol. The van der Waals surface area contributed by atoms with Crippen LogP contribution in [0, 0.1) is 0 Å². The van der Waals surface area contributed by atoms with Crippen molar-refractivity contribution in [3.63, 3.8) is 0 Å². The third-order valence-electron chi connectivity index (χ3n) is 4.55. The van der Waals surface area contributed by atoms with E-state index in [9.17, 15) is 0 Å². The maximum atomic E-state index is 5.84. The van der Waals surface area contributed by atoms with Crippen molar-refractivity contribution in [2.45, 2.75) is 45.7 Å². The highest BCUT2D eigenvalue weighted by atomic mass is 16.5. The number of ether oxygens (including phenoxy) is 1. The largest absolute Gasteiger partial charge is 0.373 e. The molecule has 1 aromatic carbocycles. The molecule has 0 bridgehead atoms. The summed E-state index contributed by atoms with van der Waals surface area (Å²) in [4.78, 5) is 6.66. The van der Waals surface area contributed by atoms with Gasteiger partial charge in [-0.3, -0.25) is 4.90 Å². The van der Waals surface area contributed by atoms with Gasteiger partial charge in [-0.05, 0) is 25.0 Å². The molecule has 2 unspecified atom stereocenters. The van der Waals surface area contributed by atoms with E-state index in [2.05, 4.69) is 57.9 Å². The number of nitrogens with one attached hydrogen (secondary N) is 1. The molecule has 2 aromatic rings. The standard InChI is InChI=1S/C19H28N4O/c1-15-11-23(12-16(2)24-15)13-18-7-5-4-6-17(18)8-20-9-19-10-21-14-22(19)3/h4-7,10,14-16,20H,8-9,11-13H2,1-3H3. The van der Waals surface area contributed by atoms with Crippen molar-refractivity contribution in [2.75, 3.05) is 13.1 Å². The van der Waals surface area contributed by atoms with E-state index in [0.717, 1.165) is 32.7 Å². The zero-order chi connectivity index (χ0) is 16.9. The Balaban J connectivity index is 1.59. The van der Waals surface area contributed by atoms with E-state index in [1.165, 1.54) is 16.8 Å². The number of rotatable bonds is 6. The summed E-state index contributed by atoms with van der Waals surface area (Å²) in [7, 11) is 2.03. The van der Waals surface area contributed by atoms with Gasteiger partial charge in [-0.1, -0.05) is 24.3 Å². The Morgan fingerprint density at radius 2 is 1.83 bits per heavy atom. The van der Waals surface area contributed by atoms with Crippen molar-refractivity contribution in [3.8, 4) is 0 Å². The first kappa shape index (κ1) is 17.1. The molecule has 130 valence electrons. The molecular formula is C19H28N4O. The van der Waals surface area contributed by atoms with Gasteiger partial charge in [-0.15, -0.1) is 0 Å². The molecule has 1 saturated heterocycles. The van der Waals surface area contributed by atoms with E-state index < -0.39 is 0 Å². The van der Waals surface area contributed by atoms with Crippen LogP contribution >= 0.6 is 0 Å². The summed E-state index contributed by atoms with van der Waals surface area (Å²) in [6.07, 6.45) is 4.37. The fourth-order valence-corrected chi connectivity index (χ4v) is 3.42. The maximum absolute atomic E-state index is 5.84. The van der Waals surface area contributed by atoms with E-state index in [1.54, 1.807) is 0 Å².